The van der Waals surface area contributed by atoms with E-state index in [2.05, 4.69) is 15.0 Å². The molecule has 102 valence electrons. The summed E-state index contributed by atoms with van der Waals surface area (Å²) in [5, 5.41) is 28.9. The lowest BCUT2D eigenvalue weighted by molar-refractivity contribution is -0.0511. The van der Waals surface area contributed by atoms with E-state index in [9.17, 15) is 10.2 Å². The molecule has 0 bridgehead atoms. The normalized spacial score (nSPS) is 31.2. The van der Waals surface area contributed by atoms with Gasteiger partial charge in [-0.05, 0) is 0 Å². The molecule has 9 heteroatoms. The zero-order valence-electron chi connectivity index (χ0n) is 9.59. The lowest BCUT2D eigenvalue weighted by Crippen LogP contribution is -2.33. The van der Waals surface area contributed by atoms with Crippen molar-refractivity contribution in [2.24, 2.45) is 0 Å². The molecule has 3 N–H and O–H groups in total. The van der Waals surface area contributed by atoms with Crippen LogP contribution in [0.4, 0.5) is 0 Å². The molecule has 8 nitrogen and oxygen atoms in total. The number of rotatable bonds is 2. The van der Waals surface area contributed by atoms with Crippen molar-refractivity contribution in [1.82, 2.24) is 19.5 Å². The number of nitrogens with zero attached hydrogens (tertiary/aromatic N) is 4. The van der Waals surface area contributed by atoms with E-state index in [4.69, 9.17) is 21.4 Å². The summed E-state index contributed by atoms with van der Waals surface area (Å²) < 4.78 is 6.85. The van der Waals surface area contributed by atoms with Crippen LogP contribution in [-0.2, 0) is 4.74 Å². The summed E-state index contributed by atoms with van der Waals surface area (Å²) in [6.07, 6.45) is -1.44. The van der Waals surface area contributed by atoms with E-state index in [0.29, 0.717) is 11.2 Å². The van der Waals surface area contributed by atoms with E-state index in [1.54, 1.807) is 0 Å². The predicted octanol–water partition coefficient (Wildman–Crippen LogP) is -0.909. The summed E-state index contributed by atoms with van der Waals surface area (Å²) in [4.78, 5) is 11.9. The van der Waals surface area contributed by atoms with Crippen LogP contribution in [0.25, 0.3) is 11.2 Å². The zero-order chi connectivity index (χ0) is 13.6. The second-order valence-electron chi connectivity index (χ2n) is 4.22. The fourth-order valence-electron chi connectivity index (χ4n) is 2.12. The summed E-state index contributed by atoms with van der Waals surface area (Å²) >= 11 is 5.88. The highest BCUT2D eigenvalue weighted by atomic mass is 35.5. The topological polar surface area (TPSA) is 114 Å². The molecule has 3 heterocycles. The molecule has 0 radical (unpaired) electrons. The van der Waals surface area contributed by atoms with Gasteiger partial charge in [-0.25, -0.2) is 15.0 Å². The molecule has 2 aromatic rings. The van der Waals surface area contributed by atoms with Gasteiger partial charge in [-0.3, -0.25) is 4.57 Å². The van der Waals surface area contributed by atoms with Crippen LogP contribution in [-0.4, -0.2) is 59.8 Å². The van der Waals surface area contributed by atoms with Crippen LogP contribution in [0.5, 0.6) is 0 Å². The van der Waals surface area contributed by atoms with Crippen LogP contribution >= 0.6 is 11.6 Å². The molecule has 1 saturated heterocycles. The smallest absolute Gasteiger partial charge is 0.167 e. The van der Waals surface area contributed by atoms with Crippen molar-refractivity contribution in [1.29, 1.82) is 0 Å². The first-order chi connectivity index (χ1) is 9.13. The Bertz CT molecular complexity index is 606. The summed E-state index contributed by atoms with van der Waals surface area (Å²) in [6.45, 7) is -0.392. The fourth-order valence-corrected chi connectivity index (χ4v) is 2.30. The first kappa shape index (κ1) is 12.7. The monoisotopic (exact) mass is 287 g/mol. The van der Waals surface area contributed by atoms with E-state index in [-0.39, 0.29) is 5.15 Å². The van der Waals surface area contributed by atoms with Gasteiger partial charge in [-0.15, -0.1) is 0 Å². The molecule has 0 unspecified atom stereocenters. The van der Waals surface area contributed by atoms with E-state index in [0.717, 1.165) is 0 Å². The third-order valence-electron chi connectivity index (χ3n) is 3.11. The molecule has 1 aliphatic heterocycles. The molecule has 19 heavy (non-hydrogen) atoms. The quantitative estimate of drug-likeness (QED) is 0.613. The number of aliphatic hydroxyl groups excluding tert-OH is 3. The van der Waals surface area contributed by atoms with Gasteiger partial charge in [0.2, 0.25) is 0 Å². The average molecular weight is 288 g/mol. The van der Waals surface area contributed by atoms with Crippen molar-refractivity contribution in [3.05, 3.63) is 17.8 Å². The van der Waals surface area contributed by atoms with Crippen molar-refractivity contribution in [2.75, 3.05) is 6.61 Å². The van der Waals surface area contributed by atoms with E-state index in [1.165, 1.54) is 17.2 Å². The number of imidazole rings is 1. The molecule has 2 aromatic heterocycles. The van der Waals surface area contributed by atoms with Crippen LogP contribution in [0, 0.1) is 0 Å². The van der Waals surface area contributed by atoms with Crippen LogP contribution in [0.15, 0.2) is 12.7 Å². The number of aliphatic hydroxyl groups is 3. The Balaban J connectivity index is 2.04. The third kappa shape index (κ3) is 1.88. The van der Waals surface area contributed by atoms with Gasteiger partial charge in [0.1, 0.15) is 30.2 Å². The molecule has 1 fully saturated rings. The minimum atomic E-state index is -1.19. The van der Waals surface area contributed by atoms with Crippen molar-refractivity contribution in [3.8, 4) is 0 Å². The molecule has 3 rings (SSSR count). The van der Waals surface area contributed by atoms with Gasteiger partial charge in [0.05, 0.1) is 12.9 Å². The van der Waals surface area contributed by atoms with Gasteiger partial charge < -0.3 is 20.1 Å². The Hall–Kier alpha value is -1.32. The maximum Gasteiger partial charge on any atom is 0.167 e. The van der Waals surface area contributed by atoms with Gasteiger partial charge in [0.25, 0.3) is 0 Å². The Labute approximate surface area is 112 Å². The molecule has 0 amide bonds. The molecule has 0 aromatic carbocycles. The molecule has 4 atom stereocenters. The zero-order valence-corrected chi connectivity index (χ0v) is 10.3. The van der Waals surface area contributed by atoms with E-state index < -0.39 is 31.1 Å². The average Bonchev–Trinajstić information content (AvgIpc) is 2.94. The van der Waals surface area contributed by atoms with Crippen LogP contribution in [0.2, 0.25) is 5.15 Å². The largest absolute Gasteiger partial charge is 0.394 e. The van der Waals surface area contributed by atoms with Gasteiger partial charge in [0, 0.05) is 0 Å². The third-order valence-corrected chi connectivity index (χ3v) is 3.38. The number of ether oxygens (including phenoxy) is 1. The maximum atomic E-state index is 9.95. The van der Waals surface area contributed by atoms with Crippen LogP contribution in [0.1, 0.15) is 6.23 Å². The highest BCUT2D eigenvalue weighted by molar-refractivity contribution is 6.33. The van der Waals surface area contributed by atoms with E-state index in [1.807, 2.05) is 0 Å². The first-order valence-corrected chi connectivity index (χ1v) is 5.96. The minimum absolute atomic E-state index is 0.190. The summed E-state index contributed by atoms with van der Waals surface area (Å²) in [5.74, 6) is 0. The minimum Gasteiger partial charge on any atom is -0.394 e. The number of hydrogen-bond donors (Lipinski definition) is 3. The van der Waals surface area contributed by atoms with Crippen molar-refractivity contribution < 1.29 is 20.1 Å². The Morgan fingerprint density at radius 2 is 2.05 bits per heavy atom. The number of hydrogen-bond acceptors (Lipinski definition) is 7. The SMILES string of the molecule is OC[C@H]1O[C@@H](n2c[15n]c3c(Cl)ncnc32)[C@H](O)[C@@H]1O. The van der Waals surface area contributed by atoms with Crippen LogP contribution in [0.3, 0.4) is 0 Å². The maximum absolute atomic E-state index is 9.95. The van der Waals surface area contributed by atoms with E-state index >= 15 is 0 Å². The number of aromatic nitrogens is 4. The summed E-state index contributed by atoms with van der Waals surface area (Å²) in [5.41, 5.74) is 0.761. The highest BCUT2D eigenvalue weighted by Gasteiger charge is 2.43. The Morgan fingerprint density at radius 3 is 2.74 bits per heavy atom. The van der Waals surface area contributed by atoms with Gasteiger partial charge in [-0.2, -0.15) is 0 Å². The summed E-state index contributed by atoms with van der Waals surface area (Å²) in [6, 6.07) is 0. The first-order valence-electron chi connectivity index (χ1n) is 5.59. The van der Waals surface area contributed by atoms with Gasteiger partial charge in [0.15, 0.2) is 17.0 Å². The molecule has 1 aliphatic rings. The predicted molar refractivity (Wildman–Crippen MR) is 63.3 cm³/mol. The highest BCUT2D eigenvalue weighted by Crippen LogP contribution is 2.31. The van der Waals surface area contributed by atoms with Crippen LogP contribution < -0.4 is 0 Å². The van der Waals surface area contributed by atoms with Gasteiger partial charge >= 0.3 is 0 Å². The fraction of sp³-hybridized carbons (Fsp3) is 0.500. The standard InChI is InChI=1S/C10H11ClN4O4/c11-8-5-9(13-2-12-8)15(3-14-5)10-7(18)6(17)4(1-16)19-10/h2-4,6-7,10,16-18H,1H2/t4-,6-,7-,10-/m1/s1/i14+1. The molecule has 0 aliphatic carbocycles. The molecular formula is C10H11ClN4O4. The molecule has 0 spiro atoms. The van der Waals surface area contributed by atoms with Crippen molar-refractivity contribution in [3.63, 3.8) is 0 Å². The molecular weight excluding hydrogens is 277 g/mol. The lowest BCUT2D eigenvalue weighted by atomic mass is 10.1. The lowest BCUT2D eigenvalue weighted by Gasteiger charge is -2.16. The molecule has 0 saturated carbocycles. The van der Waals surface area contributed by atoms with Crippen molar-refractivity contribution in [2.45, 2.75) is 24.5 Å². The number of halogens is 1. The van der Waals surface area contributed by atoms with Crippen molar-refractivity contribution >= 4 is 22.8 Å². The summed E-state index contributed by atoms with van der Waals surface area (Å²) in [7, 11) is 0. The number of fused-ring (bicyclic) bond motifs is 1. The second-order valence-corrected chi connectivity index (χ2v) is 4.58. The second kappa shape index (κ2) is 4.66. The van der Waals surface area contributed by atoms with Gasteiger partial charge in [-0.1, -0.05) is 11.6 Å². The Morgan fingerprint density at radius 1 is 1.26 bits per heavy atom. The Kier molecular flexibility index (Phi) is 3.11.